The van der Waals surface area contributed by atoms with Gasteiger partial charge < -0.3 is 10.4 Å². The van der Waals surface area contributed by atoms with Gasteiger partial charge in [-0.15, -0.1) is 0 Å². The summed E-state index contributed by atoms with van der Waals surface area (Å²) in [5.74, 6) is 0.254. The highest BCUT2D eigenvalue weighted by molar-refractivity contribution is 6.32. The molecule has 4 atom stereocenters. The zero-order chi connectivity index (χ0) is 16.8. The predicted octanol–water partition coefficient (Wildman–Crippen LogP) is 4.69. The van der Waals surface area contributed by atoms with Crippen LogP contribution in [-0.2, 0) is 4.79 Å². The molecule has 24 heavy (non-hydrogen) atoms. The zero-order valence-electron chi connectivity index (χ0n) is 13.5. The number of fused-ring (bicyclic) bond motifs is 3. The number of allylic oxidation sites excluding steroid dienone is 3. The lowest BCUT2D eigenvalue weighted by Gasteiger charge is -2.42. The van der Waals surface area contributed by atoms with Crippen molar-refractivity contribution in [3.05, 3.63) is 64.2 Å². The van der Waals surface area contributed by atoms with Gasteiger partial charge in [0.25, 0.3) is 0 Å². The van der Waals surface area contributed by atoms with Crippen LogP contribution < -0.4 is 5.32 Å². The van der Waals surface area contributed by atoms with Crippen LogP contribution in [0.15, 0.2) is 48.1 Å². The van der Waals surface area contributed by atoms with Crippen LogP contribution in [0.1, 0.15) is 29.9 Å². The molecule has 2 aliphatic carbocycles. The number of hydrogen-bond acceptors (Lipinski definition) is 2. The van der Waals surface area contributed by atoms with Crippen molar-refractivity contribution in [3.8, 4) is 0 Å². The van der Waals surface area contributed by atoms with Crippen LogP contribution in [0.3, 0.4) is 0 Å². The van der Waals surface area contributed by atoms with Gasteiger partial charge in [0, 0.05) is 34.2 Å². The lowest BCUT2D eigenvalue weighted by molar-refractivity contribution is -0.132. The Balaban J connectivity index is 1.69. The van der Waals surface area contributed by atoms with Crippen LogP contribution in [0.5, 0.6) is 0 Å². The van der Waals surface area contributed by atoms with E-state index in [2.05, 4.69) is 36.5 Å². The van der Waals surface area contributed by atoms with Crippen molar-refractivity contribution in [2.75, 3.05) is 5.32 Å². The number of nitrogens with one attached hydrogen (secondary N) is 1. The molecule has 0 radical (unpaired) electrons. The Morgan fingerprint density at radius 1 is 1.29 bits per heavy atom. The van der Waals surface area contributed by atoms with Crippen molar-refractivity contribution in [2.24, 2.45) is 11.8 Å². The fourth-order valence-corrected chi connectivity index (χ4v) is 4.62. The molecule has 1 aromatic carbocycles. The fraction of sp³-hybridized carbons (Fsp3) is 0.350. The molecule has 4 rings (SSSR count). The summed E-state index contributed by atoms with van der Waals surface area (Å²) < 4.78 is 0. The Morgan fingerprint density at radius 3 is 2.83 bits per heavy atom. The molecule has 2 N–H and O–H groups in total. The molecule has 1 aromatic rings. The standard InChI is InChI=1S/C20H20ClNO2/c1-11-5-10-16(21)17-14-3-2-4-15(14)19(22-18(11)17)12-6-8-13(9-7-12)20(23)24/h2-3,5-6,8-10,12,14-15,19,22H,4,7H2,1H3,(H,23,24)/t12?,14-,15+,19+/m1/s1. The highest BCUT2D eigenvalue weighted by atomic mass is 35.5. The van der Waals surface area contributed by atoms with E-state index in [1.807, 2.05) is 12.1 Å². The number of carbonyl (C=O) groups is 1. The second-order valence-electron chi connectivity index (χ2n) is 6.90. The minimum absolute atomic E-state index is 0.289. The molecule has 0 aromatic heterocycles. The monoisotopic (exact) mass is 341 g/mol. The predicted molar refractivity (Wildman–Crippen MR) is 96.6 cm³/mol. The Morgan fingerprint density at radius 2 is 2.12 bits per heavy atom. The van der Waals surface area contributed by atoms with Gasteiger partial charge in [-0.3, -0.25) is 0 Å². The van der Waals surface area contributed by atoms with Crippen LogP contribution in [0.2, 0.25) is 5.02 Å². The summed E-state index contributed by atoms with van der Waals surface area (Å²) >= 11 is 6.51. The highest BCUT2D eigenvalue weighted by Gasteiger charge is 2.41. The van der Waals surface area contributed by atoms with Gasteiger partial charge in [-0.2, -0.15) is 0 Å². The average Bonchev–Trinajstić information content (AvgIpc) is 3.07. The number of rotatable bonds is 2. The van der Waals surface area contributed by atoms with E-state index in [9.17, 15) is 4.79 Å². The SMILES string of the molecule is Cc1ccc(Cl)c2c1N[C@@H](C1C=CC(C(=O)O)=CC1)[C@H]1CC=C[C@@H]21. The van der Waals surface area contributed by atoms with Gasteiger partial charge in [0.2, 0.25) is 0 Å². The first-order chi connectivity index (χ1) is 11.6. The fourth-order valence-electron chi connectivity index (χ4n) is 4.33. The van der Waals surface area contributed by atoms with E-state index in [-0.39, 0.29) is 6.04 Å². The molecule has 0 saturated carbocycles. The van der Waals surface area contributed by atoms with Crippen molar-refractivity contribution < 1.29 is 9.90 Å². The first-order valence-corrected chi connectivity index (χ1v) is 8.78. The number of aliphatic carboxylic acids is 1. The summed E-state index contributed by atoms with van der Waals surface area (Å²) in [5, 5.41) is 13.7. The van der Waals surface area contributed by atoms with E-state index in [4.69, 9.17) is 16.7 Å². The Bertz CT molecular complexity index is 793. The summed E-state index contributed by atoms with van der Waals surface area (Å²) in [5.41, 5.74) is 3.97. The van der Waals surface area contributed by atoms with E-state index < -0.39 is 5.97 Å². The molecule has 0 amide bonds. The molecule has 4 heteroatoms. The van der Waals surface area contributed by atoms with Crippen molar-refractivity contribution >= 4 is 23.3 Å². The van der Waals surface area contributed by atoms with Crippen LogP contribution >= 0.6 is 11.6 Å². The summed E-state index contributed by atoms with van der Waals surface area (Å²) in [6, 6.07) is 4.34. The molecule has 0 spiro atoms. The van der Waals surface area contributed by atoms with E-state index >= 15 is 0 Å². The van der Waals surface area contributed by atoms with Gasteiger partial charge in [0.15, 0.2) is 0 Å². The molecule has 3 nitrogen and oxygen atoms in total. The molecule has 1 aliphatic heterocycles. The second-order valence-corrected chi connectivity index (χ2v) is 7.31. The topological polar surface area (TPSA) is 49.3 Å². The summed E-state index contributed by atoms with van der Waals surface area (Å²) in [7, 11) is 0. The number of carboxylic acid groups (broad SMARTS) is 1. The van der Waals surface area contributed by atoms with E-state index in [0.29, 0.717) is 23.3 Å². The number of anilines is 1. The van der Waals surface area contributed by atoms with E-state index in [1.54, 1.807) is 6.08 Å². The minimum atomic E-state index is -0.852. The number of aryl methyl sites for hydroxylation is 1. The smallest absolute Gasteiger partial charge is 0.335 e. The first kappa shape index (κ1) is 15.5. The van der Waals surface area contributed by atoms with Crippen LogP contribution in [-0.4, -0.2) is 17.1 Å². The van der Waals surface area contributed by atoms with Gasteiger partial charge in [-0.25, -0.2) is 4.79 Å². The third kappa shape index (κ3) is 2.39. The van der Waals surface area contributed by atoms with E-state index in [0.717, 1.165) is 23.6 Å². The number of benzene rings is 1. The number of hydrogen-bond donors (Lipinski definition) is 2. The Labute approximate surface area is 146 Å². The lowest BCUT2D eigenvalue weighted by Crippen LogP contribution is -2.41. The molecule has 1 heterocycles. The summed E-state index contributed by atoms with van der Waals surface area (Å²) in [6.07, 6.45) is 12.0. The first-order valence-electron chi connectivity index (χ1n) is 8.40. The van der Waals surface area contributed by atoms with Gasteiger partial charge >= 0.3 is 5.97 Å². The second kappa shape index (κ2) is 5.82. The number of carboxylic acids is 1. The Kier molecular flexibility index (Phi) is 3.76. The molecule has 124 valence electrons. The summed E-state index contributed by atoms with van der Waals surface area (Å²) in [6.45, 7) is 2.11. The minimum Gasteiger partial charge on any atom is -0.478 e. The maximum Gasteiger partial charge on any atom is 0.335 e. The third-order valence-corrected chi connectivity index (χ3v) is 5.89. The Hall–Kier alpha value is -2.00. The van der Waals surface area contributed by atoms with Gasteiger partial charge in [-0.1, -0.05) is 48.0 Å². The van der Waals surface area contributed by atoms with Crippen molar-refractivity contribution in [3.63, 3.8) is 0 Å². The normalized spacial score (nSPS) is 30.3. The largest absolute Gasteiger partial charge is 0.478 e. The van der Waals surface area contributed by atoms with Crippen molar-refractivity contribution in [1.82, 2.24) is 0 Å². The van der Waals surface area contributed by atoms with Crippen LogP contribution in [0, 0.1) is 18.8 Å². The van der Waals surface area contributed by atoms with Crippen molar-refractivity contribution in [2.45, 2.75) is 31.7 Å². The molecule has 3 aliphatic rings. The maximum atomic E-state index is 11.1. The van der Waals surface area contributed by atoms with E-state index in [1.165, 1.54) is 11.1 Å². The van der Waals surface area contributed by atoms with Crippen LogP contribution in [0.25, 0.3) is 0 Å². The maximum absolute atomic E-state index is 11.1. The molecular weight excluding hydrogens is 322 g/mol. The molecule has 0 fully saturated rings. The van der Waals surface area contributed by atoms with Gasteiger partial charge in [0.1, 0.15) is 0 Å². The zero-order valence-corrected chi connectivity index (χ0v) is 14.3. The third-order valence-electron chi connectivity index (χ3n) is 5.56. The molecular formula is C20H20ClNO2. The number of halogens is 1. The molecule has 0 bridgehead atoms. The molecule has 1 unspecified atom stereocenters. The summed E-state index contributed by atoms with van der Waals surface area (Å²) in [4.78, 5) is 11.1. The van der Waals surface area contributed by atoms with Crippen LogP contribution in [0.4, 0.5) is 5.69 Å². The lowest BCUT2D eigenvalue weighted by atomic mass is 9.72. The van der Waals surface area contributed by atoms with Crippen molar-refractivity contribution in [1.29, 1.82) is 0 Å². The highest BCUT2D eigenvalue weighted by Crippen LogP contribution is 2.50. The van der Waals surface area contributed by atoms with Gasteiger partial charge in [-0.05, 0) is 37.3 Å². The average molecular weight is 342 g/mol. The molecule has 0 saturated heterocycles. The van der Waals surface area contributed by atoms with Gasteiger partial charge in [0.05, 0.1) is 5.57 Å². The quantitative estimate of drug-likeness (QED) is 0.767.